The predicted octanol–water partition coefficient (Wildman–Crippen LogP) is 5.63. The lowest BCUT2D eigenvalue weighted by molar-refractivity contribution is -0.139. The van der Waals surface area contributed by atoms with E-state index in [0.717, 1.165) is 47.3 Å². The number of esters is 1. The van der Waals surface area contributed by atoms with Crippen molar-refractivity contribution in [1.29, 1.82) is 5.41 Å². The number of thiophene rings is 1. The van der Waals surface area contributed by atoms with Gasteiger partial charge in [0.05, 0.1) is 11.5 Å². The molecule has 10 nitrogen and oxygen atoms in total. The number of benzene rings is 2. The number of guanidine groups is 1. The van der Waals surface area contributed by atoms with Crippen molar-refractivity contribution < 1.29 is 34.1 Å². The van der Waals surface area contributed by atoms with Crippen LogP contribution in [0, 0.1) is 11.3 Å². The van der Waals surface area contributed by atoms with Gasteiger partial charge in [0.25, 0.3) is 0 Å². The molecular formula is C32H33N3O7S. The van der Waals surface area contributed by atoms with Crippen LogP contribution in [0.15, 0.2) is 65.6 Å². The van der Waals surface area contributed by atoms with E-state index < -0.39 is 23.8 Å². The third kappa shape index (κ3) is 8.39. The Bertz CT molecular complexity index is 1580. The largest absolute Gasteiger partial charge is 0.481 e. The highest BCUT2D eigenvalue weighted by Gasteiger charge is 2.26. The zero-order valence-corrected chi connectivity index (χ0v) is 24.4. The quantitative estimate of drug-likeness (QED) is 0.0576. The van der Waals surface area contributed by atoms with Crippen molar-refractivity contribution in [3.63, 3.8) is 0 Å². The van der Waals surface area contributed by atoms with Crippen molar-refractivity contribution in [2.75, 3.05) is 5.32 Å². The SMILES string of the molecule is C[C@H](C(=O)O)/C(=C\Cc1csc(C(=O)O)c1)CC(=O)CC1CCCc2cc(OC(=O)c3ccc(NC(=N)N)cc3)ccc21. The summed E-state index contributed by atoms with van der Waals surface area (Å²) < 4.78 is 5.60. The number of allylic oxidation sites excluding steroid dienone is 1. The van der Waals surface area contributed by atoms with E-state index in [2.05, 4.69) is 5.32 Å². The second-order valence-electron chi connectivity index (χ2n) is 10.5. The molecule has 11 heteroatoms. The third-order valence-electron chi connectivity index (χ3n) is 7.43. The fourth-order valence-corrected chi connectivity index (χ4v) is 5.92. The van der Waals surface area contributed by atoms with Crippen molar-refractivity contribution in [2.24, 2.45) is 11.7 Å². The number of fused-ring (bicyclic) bond motifs is 1. The molecule has 0 radical (unpaired) electrons. The van der Waals surface area contributed by atoms with Crippen LogP contribution in [-0.4, -0.2) is 39.9 Å². The Balaban J connectivity index is 1.41. The summed E-state index contributed by atoms with van der Waals surface area (Å²) in [6, 6.07) is 13.4. The van der Waals surface area contributed by atoms with Crippen LogP contribution in [0.25, 0.3) is 0 Å². The number of ether oxygens (including phenoxy) is 1. The maximum absolute atomic E-state index is 13.2. The molecule has 43 heavy (non-hydrogen) atoms. The minimum Gasteiger partial charge on any atom is -0.481 e. The number of aryl methyl sites for hydroxylation is 1. The Morgan fingerprint density at radius 3 is 2.53 bits per heavy atom. The minimum absolute atomic E-state index is 0.00560. The number of ketones is 1. The topological polar surface area (TPSA) is 180 Å². The molecule has 0 saturated carbocycles. The lowest BCUT2D eigenvalue weighted by Crippen LogP contribution is -2.20. The first-order valence-electron chi connectivity index (χ1n) is 13.8. The molecule has 0 spiro atoms. The van der Waals surface area contributed by atoms with Gasteiger partial charge >= 0.3 is 17.9 Å². The van der Waals surface area contributed by atoms with E-state index in [-0.39, 0.29) is 35.4 Å². The molecule has 0 aliphatic heterocycles. The molecule has 1 unspecified atom stereocenters. The fraction of sp³-hybridized carbons (Fsp3) is 0.281. The van der Waals surface area contributed by atoms with Crippen molar-refractivity contribution in [2.45, 2.75) is 51.4 Å². The number of nitrogens with one attached hydrogen (secondary N) is 2. The van der Waals surface area contributed by atoms with Crippen LogP contribution >= 0.6 is 11.3 Å². The molecule has 3 aromatic rings. The van der Waals surface area contributed by atoms with Crippen molar-refractivity contribution in [3.8, 4) is 5.75 Å². The number of carbonyl (C=O) groups is 4. The molecule has 0 fully saturated rings. The number of hydrogen-bond donors (Lipinski definition) is 5. The van der Waals surface area contributed by atoms with Gasteiger partial charge in [-0.3, -0.25) is 15.0 Å². The summed E-state index contributed by atoms with van der Waals surface area (Å²) in [5.74, 6) is -3.30. The number of anilines is 1. The van der Waals surface area contributed by atoms with Gasteiger partial charge in [0.1, 0.15) is 16.4 Å². The number of nitrogens with two attached hydrogens (primary N) is 1. The number of Topliss-reactive ketones (excluding diaryl/α,β-unsaturated/α-hetero) is 1. The number of rotatable bonds is 12. The number of aromatic carboxylic acids is 1. The molecule has 2 atom stereocenters. The molecule has 4 rings (SSSR count). The van der Waals surface area contributed by atoms with Gasteiger partial charge in [0.2, 0.25) is 0 Å². The number of carboxylic acids is 2. The summed E-state index contributed by atoms with van der Waals surface area (Å²) in [7, 11) is 0. The molecule has 224 valence electrons. The first-order valence-corrected chi connectivity index (χ1v) is 14.7. The van der Waals surface area contributed by atoms with Gasteiger partial charge in [-0.1, -0.05) is 17.7 Å². The van der Waals surface area contributed by atoms with Crippen molar-refractivity contribution >= 4 is 46.7 Å². The van der Waals surface area contributed by atoms with E-state index >= 15 is 0 Å². The number of carboxylic acid groups (broad SMARTS) is 2. The number of aliphatic carboxylic acids is 1. The van der Waals surface area contributed by atoms with Crippen LogP contribution in [0.3, 0.4) is 0 Å². The third-order valence-corrected chi connectivity index (χ3v) is 8.40. The second-order valence-corrected chi connectivity index (χ2v) is 11.5. The van der Waals surface area contributed by atoms with E-state index in [1.54, 1.807) is 54.8 Å². The van der Waals surface area contributed by atoms with Crippen LogP contribution in [0.5, 0.6) is 5.75 Å². The van der Waals surface area contributed by atoms with Crippen LogP contribution in [0.4, 0.5) is 5.69 Å². The van der Waals surface area contributed by atoms with Gasteiger partial charge in [-0.15, -0.1) is 11.3 Å². The highest BCUT2D eigenvalue weighted by Crippen LogP contribution is 2.37. The monoisotopic (exact) mass is 603 g/mol. The molecule has 2 aromatic carbocycles. The summed E-state index contributed by atoms with van der Waals surface area (Å²) >= 11 is 1.11. The average Bonchev–Trinajstić information content (AvgIpc) is 3.44. The van der Waals surface area contributed by atoms with Crippen LogP contribution < -0.4 is 15.8 Å². The van der Waals surface area contributed by atoms with Gasteiger partial charge in [0, 0.05) is 18.5 Å². The molecular weight excluding hydrogens is 570 g/mol. The Morgan fingerprint density at radius 2 is 1.88 bits per heavy atom. The van der Waals surface area contributed by atoms with Gasteiger partial charge in [0.15, 0.2) is 5.96 Å². The van der Waals surface area contributed by atoms with Gasteiger partial charge < -0.3 is 26.0 Å². The maximum Gasteiger partial charge on any atom is 0.345 e. The maximum atomic E-state index is 13.2. The Hall–Kier alpha value is -4.77. The first kappa shape index (κ1) is 31.2. The summed E-state index contributed by atoms with van der Waals surface area (Å²) in [5.41, 5.74) is 9.54. The summed E-state index contributed by atoms with van der Waals surface area (Å²) in [6.07, 6.45) is 4.81. The Morgan fingerprint density at radius 1 is 1.14 bits per heavy atom. The standard InChI is InChI=1S/C32H33N3O7S/c1-18(29(37)38)21(6-5-19-13-28(30(39)40)43-17-19)14-25(36)15-22-3-2-4-23-16-26(11-12-27(22)23)42-31(41)20-7-9-24(10-8-20)35-32(33)34/h6-13,16-18,22H,2-5,14-15H2,1H3,(H,37,38)(H,39,40)(H4,33,34,35)/b21-6-/t18-,22?/m0/s1. The molecule has 6 N–H and O–H groups in total. The first-order chi connectivity index (χ1) is 20.5. The molecule has 0 amide bonds. The lowest BCUT2D eigenvalue weighted by Gasteiger charge is -2.26. The van der Waals surface area contributed by atoms with E-state index in [1.165, 1.54) is 0 Å². The predicted molar refractivity (Wildman–Crippen MR) is 163 cm³/mol. The van der Waals surface area contributed by atoms with E-state index in [1.807, 2.05) is 12.1 Å². The van der Waals surface area contributed by atoms with Gasteiger partial charge in [-0.25, -0.2) is 9.59 Å². The fourth-order valence-electron chi connectivity index (χ4n) is 5.16. The molecule has 0 saturated heterocycles. The summed E-state index contributed by atoms with van der Waals surface area (Å²) in [5, 5.41) is 30.4. The average molecular weight is 604 g/mol. The molecule has 1 aliphatic rings. The zero-order valence-electron chi connectivity index (χ0n) is 23.6. The van der Waals surface area contributed by atoms with Crippen LogP contribution in [-0.2, 0) is 22.4 Å². The Labute approximate surface area is 252 Å². The summed E-state index contributed by atoms with van der Waals surface area (Å²) in [6.45, 7) is 1.55. The van der Waals surface area contributed by atoms with Gasteiger partial charge in [-0.2, -0.15) is 0 Å². The zero-order chi connectivity index (χ0) is 31.1. The second kappa shape index (κ2) is 13.9. The molecule has 1 heterocycles. The molecule has 1 aromatic heterocycles. The van der Waals surface area contributed by atoms with E-state index in [0.29, 0.717) is 29.0 Å². The number of carbonyl (C=O) groups excluding carboxylic acids is 2. The summed E-state index contributed by atoms with van der Waals surface area (Å²) in [4.78, 5) is 49.0. The van der Waals surface area contributed by atoms with Crippen LogP contribution in [0.2, 0.25) is 0 Å². The van der Waals surface area contributed by atoms with Crippen LogP contribution in [0.1, 0.15) is 75.2 Å². The highest BCUT2D eigenvalue weighted by atomic mass is 32.1. The normalized spacial score (nSPS) is 15.2. The van der Waals surface area contributed by atoms with Crippen molar-refractivity contribution in [3.05, 3.63) is 92.7 Å². The number of hydrogen-bond acceptors (Lipinski definition) is 7. The van der Waals surface area contributed by atoms with Crippen molar-refractivity contribution in [1.82, 2.24) is 0 Å². The molecule has 1 aliphatic carbocycles. The van der Waals surface area contributed by atoms with Gasteiger partial charge in [-0.05, 0) is 103 Å². The lowest BCUT2D eigenvalue weighted by atomic mass is 9.79. The highest BCUT2D eigenvalue weighted by molar-refractivity contribution is 7.12. The Kier molecular flexibility index (Phi) is 10.1. The smallest absolute Gasteiger partial charge is 0.345 e. The minimum atomic E-state index is -1.02. The van der Waals surface area contributed by atoms with E-state index in [9.17, 15) is 24.3 Å². The van der Waals surface area contributed by atoms with E-state index in [4.69, 9.17) is 21.0 Å². The molecule has 0 bridgehead atoms.